The first-order valence-corrected chi connectivity index (χ1v) is 7.84. The van der Waals surface area contributed by atoms with Crippen molar-refractivity contribution in [3.63, 3.8) is 0 Å². The quantitative estimate of drug-likeness (QED) is 0.932. The van der Waals surface area contributed by atoms with Crippen molar-refractivity contribution in [2.75, 3.05) is 5.32 Å². The van der Waals surface area contributed by atoms with E-state index >= 15 is 0 Å². The van der Waals surface area contributed by atoms with Gasteiger partial charge in [0.15, 0.2) is 0 Å². The van der Waals surface area contributed by atoms with Gasteiger partial charge in [0, 0.05) is 18.0 Å². The molecule has 3 rings (SSSR count). The molecule has 0 atom stereocenters. The van der Waals surface area contributed by atoms with E-state index in [4.69, 9.17) is 11.6 Å². The average Bonchev–Trinajstić information content (AvgIpc) is 2.68. The maximum absolute atomic E-state index is 13.6. The predicted molar refractivity (Wildman–Crippen MR) is 84.1 cm³/mol. The number of hydrogen-bond donors (Lipinski definition) is 1. The Labute approximate surface area is 136 Å². The summed E-state index contributed by atoms with van der Waals surface area (Å²) in [5, 5.41) is 6.94. The van der Waals surface area contributed by atoms with Gasteiger partial charge in [0.1, 0.15) is 18.2 Å². The minimum absolute atomic E-state index is 0.0173. The number of halogens is 2. The summed E-state index contributed by atoms with van der Waals surface area (Å²) in [6.07, 6.45) is 3.71. The zero-order valence-corrected chi connectivity index (χ0v) is 13.1. The zero-order valence-electron chi connectivity index (χ0n) is 12.4. The molecule has 0 saturated carbocycles. The van der Waals surface area contributed by atoms with Gasteiger partial charge in [0.05, 0.1) is 5.69 Å². The van der Waals surface area contributed by atoms with E-state index in [2.05, 4.69) is 10.4 Å². The standard InChI is InChI=1S/C15H16ClFN4O2/c16-10-5-6-11(17)12(8-10)18-14(22)9-21-15(23)20-7-3-1-2-4-13(20)19-21/h5-6,8H,1-4,7,9H2,(H,18,22). The number of amides is 1. The van der Waals surface area contributed by atoms with Crippen molar-refractivity contribution in [2.24, 2.45) is 0 Å². The number of rotatable bonds is 3. The number of hydrogen-bond acceptors (Lipinski definition) is 3. The first kappa shape index (κ1) is 15.7. The molecule has 0 spiro atoms. The lowest BCUT2D eigenvalue weighted by Gasteiger charge is -2.06. The van der Waals surface area contributed by atoms with Gasteiger partial charge in [-0.05, 0) is 31.0 Å². The van der Waals surface area contributed by atoms with Gasteiger partial charge in [-0.3, -0.25) is 9.36 Å². The van der Waals surface area contributed by atoms with Gasteiger partial charge in [-0.1, -0.05) is 18.0 Å². The van der Waals surface area contributed by atoms with Gasteiger partial charge in [0.25, 0.3) is 0 Å². The first-order valence-electron chi connectivity index (χ1n) is 7.46. The van der Waals surface area contributed by atoms with Gasteiger partial charge >= 0.3 is 5.69 Å². The summed E-state index contributed by atoms with van der Waals surface area (Å²) in [6.45, 7) is 0.365. The largest absolute Gasteiger partial charge is 0.346 e. The molecule has 1 N–H and O–H groups in total. The second-order valence-electron chi connectivity index (χ2n) is 5.49. The highest BCUT2D eigenvalue weighted by atomic mass is 35.5. The lowest BCUT2D eigenvalue weighted by atomic mass is 10.2. The van der Waals surface area contributed by atoms with Gasteiger partial charge in [-0.2, -0.15) is 5.10 Å². The van der Waals surface area contributed by atoms with Crippen molar-refractivity contribution in [1.29, 1.82) is 0 Å². The second-order valence-corrected chi connectivity index (χ2v) is 5.93. The molecule has 8 heteroatoms. The summed E-state index contributed by atoms with van der Waals surface area (Å²) in [5.74, 6) is -0.411. The number of anilines is 1. The van der Waals surface area contributed by atoms with E-state index in [1.165, 1.54) is 18.2 Å². The highest BCUT2D eigenvalue weighted by Gasteiger charge is 2.17. The van der Waals surface area contributed by atoms with Crippen LogP contribution in [-0.4, -0.2) is 20.3 Å². The molecule has 1 aromatic carbocycles. The summed E-state index contributed by atoms with van der Waals surface area (Å²) < 4.78 is 16.4. The lowest BCUT2D eigenvalue weighted by molar-refractivity contribution is -0.117. The van der Waals surface area contributed by atoms with Crippen molar-refractivity contribution in [2.45, 2.75) is 38.8 Å². The number of aryl methyl sites for hydroxylation is 1. The summed E-state index contributed by atoms with van der Waals surface area (Å²) in [4.78, 5) is 24.3. The maximum Gasteiger partial charge on any atom is 0.346 e. The Hall–Kier alpha value is -2.15. The van der Waals surface area contributed by atoms with Crippen molar-refractivity contribution in [1.82, 2.24) is 14.3 Å². The van der Waals surface area contributed by atoms with Crippen LogP contribution in [0.4, 0.5) is 10.1 Å². The van der Waals surface area contributed by atoms with E-state index in [9.17, 15) is 14.0 Å². The van der Waals surface area contributed by atoms with Crippen LogP contribution in [0.5, 0.6) is 0 Å². The summed E-state index contributed by atoms with van der Waals surface area (Å²) in [7, 11) is 0. The van der Waals surface area contributed by atoms with Crippen LogP contribution in [0.1, 0.15) is 25.1 Å². The fourth-order valence-electron chi connectivity index (χ4n) is 2.65. The fourth-order valence-corrected chi connectivity index (χ4v) is 2.82. The number of benzene rings is 1. The summed E-state index contributed by atoms with van der Waals surface area (Å²) in [6, 6.07) is 3.88. The number of carbonyl (C=O) groups is 1. The molecule has 2 aromatic rings. The SMILES string of the molecule is O=C(Cn1nc2n(c1=O)CCCCC2)Nc1cc(Cl)ccc1F. The fraction of sp³-hybridized carbons (Fsp3) is 0.400. The van der Waals surface area contributed by atoms with Crippen LogP contribution < -0.4 is 11.0 Å². The third kappa shape index (κ3) is 3.44. The molecule has 1 amide bonds. The lowest BCUT2D eigenvalue weighted by Crippen LogP contribution is -2.30. The van der Waals surface area contributed by atoms with Crippen molar-refractivity contribution >= 4 is 23.2 Å². The van der Waals surface area contributed by atoms with Crippen molar-refractivity contribution < 1.29 is 9.18 Å². The van der Waals surface area contributed by atoms with Crippen LogP contribution in [0.25, 0.3) is 0 Å². The third-order valence-corrected chi connectivity index (χ3v) is 4.01. The minimum Gasteiger partial charge on any atom is -0.322 e. The molecule has 6 nitrogen and oxygen atoms in total. The van der Waals surface area contributed by atoms with Crippen LogP contribution in [0, 0.1) is 5.82 Å². The normalized spacial score (nSPS) is 14.2. The van der Waals surface area contributed by atoms with E-state index in [1.807, 2.05) is 0 Å². The van der Waals surface area contributed by atoms with Gasteiger partial charge in [-0.25, -0.2) is 13.9 Å². The smallest absolute Gasteiger partial charge is 0.322 e. The molecule has 2 heterocycles. The Kier molecular flexibility index (Phi) is 4.47. The Morgan fingerprint density at radius 1 is 1.35 bits per heavy atom. The molecule has 23 heavy (non-hydrogen) atoms. The minimum atomic E-state index is -0.587. The highest BCUT2D eigenvalue weighted by Crippen LogP contribution is 2.19. The van der Waals surface area contributed by atoms with Crippen LogP contribution in [0.2, 0.25) is 5.02 Å². The van der Waals surface area contributed by atoms with E-state index in [0.29, 0.717) is 17.4 Å². The average molecular weight is 339 g/mol. The van der Waals surface area contributed by atoms with E-state index in [-0.39, 0.29) is 17.9 Å². The Balaban J connectivity index is 1.76. The van der Waals surface area contributed by atoms with E-state index < -0.39 is 11.7 Å². The first-order chi connectivity index (χ1) is 11.0. The third-order valence-electron chi connectivity index (χ3n) is 3.78. The monoisotopic (exact) mass is 338 g/mol. The van der Waals surface area contributed by atoms with Gasteiger partial charge < -0.3 is 5.32 Å². The summed E-state index contributed by atoms with van der Waals surface area (Å²) in [5.41, 5.74) is -0.320. The maximum atomic E-state index is 13.6. The predicted octanol–water partition coefficient (Wildman–Crippen LogP) is 2.20. The summed E-state index contributed by atoms with van der Waals surface area (Å²) >= 11 is 5.78. The zero-order chi connectivity index (χ0) is 16.4. The molecule has 0 saturated heterocycles. The topological polar surface area (TPSA) is 68.9 Å². The molecule has 0 radical (unpaired) electrons. The molecule has 1 aromatic heterocycles. The Morgan fingerprint density at radius 2 is 2.17 bits per heavy atom. The Bertz CT molecular complexity index is 799. The molecule has 0 unspecified atom stereocenters. The molecule has 0 aliphatic carbocycles. The van der Waals surface area contributed by atoms with Crippen molar-refractivity contribution in [3.05, 3.63) is 45.3 Å². The van der Waals surface area contributed by atoms with E-state index in [0.717, 1.165) is 30.4 Å². The van der Waals surface area contributed by atoms with E-state index in [1.54, 1.807) is 4.57 Å². The number of nitrogens with one attached hydrogen (secondary N) is 1. The number of fused-ring (bicyclic) bond motifs is 1. The molecule has 0 bridgehead atoms. The van der Waals surface area contributed by atoms with Gasteiger partial charge in [0.2, 0.25) is 5.91 Å². The van der Waals surface area contributed by atoms with Crippen LogP contribution in [-0.2, 0) is 24.3 Å². The molecular weight excluding hydrogens is 323 g/mol. The highest BCUT2D eigenvalue weighted by molar-refractivity contribution is 6.30. The number of nitrogens with zero attached hydrogens (tertiary/aromatic N) is 3. The second kappa shape index (κ2) is 6.54. The molecule has 122 valence electrons. The molecule has 1 aliphatic rings. The van der Waals surface area contributed by atoms with Gasteiger partial charge in [-0.15, -0.1) is 0 Å². The molecular formula is C15H16ClFN4O2. The van der Waals surface area contributed by atoms with Crippen LogP contribution in [0.15, 0.2) is 23.0 Å². The number of aromatic nitrogens is 3. The van der Waals surface area contributed by atoms with Crippen LogP contribution >= 0.6 is 11.6 Å². The van der Waals surface area contributed by atoms with Crippen molar-refractivity contribution in [3.8, 4) is 0 Å². The number of carbonyl (C=O) groups excluding carboxylic acids is 1. The molecule has 0 fully saturated rings. The van der Waals surface area contributed by atoms with Crippen LogP contribution in [0.3, 0.4) is 0 Å². The Morgan fingerprint density at radius 3 is 3.00 bits per heavy atom. The molecule has 1 aliphatic heterocycles.